The van der Waals surface area contributed by atoms with E-state index in [9.17, 15) is 4.79 Å². The van der Waals surface area contributed by atoms with Crippen molar-refractivity contribution in [1.29, 1.82) is 0 Å². The van der Waals surface area contributed by atoms with Gasteiger partial charge in [0.15, 0.2) is 0 Å². The van der Waals surface area contributed by atoms with Crippen LogP contribution >= 0.6 is 0 Å². The van der Waals surface area contributed by atoms with Crippen molar-refractivity contribution in [2.75, 3.05) is 5.73 Å². The first-order chi connectivity index (χ1) is 12.6. The lowest BCUT2D eigenvalue weighted by Crippen LogP contribution is -2.44. The van der Waals surface area contributed by atoms with Crippen LogP contribution in [0.25, 0.3) is 5.69 Å². The molecule has 0 amide bonds. The highest BCUT2D eigenvalue weighted by atomic mass is 16.1. The second kappa shape index (κ2) is 7.21. The summed E-state index contributed by atoms with van der Waals surface area (Å²) >= 11 is 0. The van der Waals surface area contributed by atoms with Crippen LogP contribution in [-0.4, -0.2) is 27.7 Å². The van der Waals surface area contributed by atoms with Crippen molar-refractivity contribution in [3.63, 3.8) is 0 Å². The van der Waals surface area contributed by atoms with Crippen LogP contribution in [0.3, 0.4) is 0 Å². The SMILES string of the molecule is Nc1ccn(-c2ccc3c(c2)CCC(N[C@H]2CC[C@H](N)CC2)C3)c(=O)n1. The van der Waals surface area contributed by atoms with Gasteiger partial charge in [-0.15, -0.1) is 0 Å². The second-order valence-corrected chi connectivity index (χ2v) is 7.68. The first-order valence-electron chi connectivity index (χ1n) is 9.57. The summed E-state index contributed by atoms with van der Waals surface area (Å²) < 4.78 is 1.55. The molecule has 1 fully saturated rings. The molecule has 0 aliphatic heterocycles. The Kier molecular flexibility index (Phi) is 4.78. The summed E-state index contributed by atoms with van der Waals surface area (Å²) in [6, 6.07) is 9.46. The van der Waals surface area contributed by atoms with E-state index < -0.39 is 0 Å². The highest BCUT2D eigenvalue weighted by Crippen LogP contribution is 2.26. The third-order valence-electron chi connectivity index (χ3n) is 5.76. The molecule has 2 aliphatic carbocycles. The minimum Gasteiger partial charge on any atom is -0.383 e. The molecule has 0 radical (unpaired) electrons. The Morgan fingerprint density at radius 1 is 1.04 bits per heavy atom. The largest absolute Gasteiger partial charge is 0.383 e. The van der Waals surface area contributed by atoms with E-state index in [1.165, 1.54) is 24.0 Å². The zero-order valence-electron chi connectivity index (χ0n) is 15.0. The number of nitrogens with zero attached hydrogens (tertiary/aromatic N) is 2. The van der Waals surface area contributed by atoms with Gasteiger partial charge in [-0.1, -0.05) is 6.07 Å². The lowest BCUT2D eigenvalue weighted by molar-refractivity contribution is 0.302. The molecular weight excluding hydrogens is 326 g/mol. The molecule has 0 spiro atoms. The topological polar surface area (TPSA) is 99.0 Å². The predicted octanol–water partition coefficient (Wildman–Crippen LogP) is 1.53. The van der Waals surface area contributed by atoms with Gasteiger partial charge < -0.3 is 16.8 Å². The quantitative estimate of drug-likeness (QED) is 0.777. The van der Waals surface area contributed by atoms with Crippen molar-refractivity contribution in [1.82, 2.24) is 14.9 Å². The minimum atomic E-state index is -0.337. The Balaban J connectivity index is 1.46. The third-order valence-corrected chi connectivity index (χ3v) is 5.76. The second-order valence-electron chi connectivity index (χ2n) is 7.68. The van der Waals surface area contributed by atoms with E-state index in [4.69, 9.17) is 11.5 Å². The molecule has 1 saturated carbocycles. The summed E-state index contributed by atoms with van der Waals surface area (Å²) in [5.41, 5.74) is 14.8. The molecule has 1 unspecified atom stereocenters. The van der Waals surface area contributed by atoms with E-state index in [1.54, 1.807) is 16.8 Å². The van der Waals surface area contributed by atoms with Crippen LogP contribution in [-0.2, 0) is 12.8 Å². The average molecular weight is 353 g/mol. The molecule has 2 aliphatic rings. The summed E-state index contributed by atoms with van der Waals surface area (Å²) in [6.07, 6.45) is 9.55. The number of hydrogen-bond acceptors (Lipinski definition) is 5. The van der Waals surface area contributed by atoms with E-state index in [0.29, 0.717) is 18.1 Å². The highest BCUT2D eigenvalue weighted by molar-refractivity contribution is 5.43. The molecule has 1 aromatic heterocycles. The maximum Gasteiger partial charge on any atom is 0.354 e. The minimum absolute atomic E-state index is 0.252. The molecule has 0 bridgehead atoms. The molecular formula is C20H27N5O. The molecule has 138 valence electrons. The molecule has 6 heteroatoms. The zero-order valence-corrected chi connectivity index (χ0v) is 15.0. The lowest BCUT2D eigenvalue weighted by atomic mass is 9.85. The number of rotatable bonds is 3. The van der Waals surface area contributed by atoms with Crippen LogP contribution in [0.1, 0.15) is 43.2 Å². The molecule has 1 heterocycles. The van der Waals surface area contributed by atoms with Crippen molar-refractivity contribution in [2.24, 2.45) is 5.73 Å². The number of benzene rings is 1. The van der Waals surface area contributed by atoms with E-state index in [-0.39, 0.29) is 11.5 Å². The first-order valence-corrected chi connectivity index (χ1v) is 9.57. The Labute approximate surface area is 153 Å². The van der Waals surface area contributed by atoms with Crippen molar-refractivity contribution in [3.8, 4) is 5.69 Å². The number of aryl methyl sites for hydroxylation is 1. The Bertz CT molecular complexity index is 838. The van der Waals surface area contributed by atoms with Crippen LogP contribution in [0.15, 0.2) is 35.3 Å². The highest BCUT2D eigenvalue weighted by Gasteiger charge is 2.24. The fourth-order valence-electron chi connectivity index (χ4n) is 4.27. The van der Waals surface area contributed by atoms with Crippen LogP contribution < -0.4 is 22.5 Å². The molecule has 26 heavy (non-hydrogen) atoms. The van der Waals surface area contributed by atoms with Gasteiger partial charge in [-0.25, -0.2) is 4.79 Å². The molecule has 2 aromatic rings. The van der Waals surface area contributed by atoms with Gasteiger partial charge in [0.1, 0.15) is 5.82 Å². The molecule has 5 N–H and O–H groups in total. The normalized spacial score (nSPS) is 25.7. The van der Waals surface area contributed by atoms with Crippen molar-refractivity contribution in [3.05, 3.63) is 52.1 Å². The standard InChI is InChI=1S/C20H27N5O/c21-15-3-6-16(7-4-15)23-17-5-1-14-12-18(8-2-13(14)11-17)25-10-9-19(22)24-20(25)26/h2,8-10,12,15-17,23H,1,3-7,11,21H2,(H2,22,24,26)/t15-,16-,17?. The number of nitrogen functional groups attached to an aromatic ring is 1. The van der Waals surface area contributed by atoms with Gasteiger partial charge in [0, 0.05) is 24.3 Å². The maximum absolute atomic E-state index is 12.1. The van der Waals surface area contributed by atoms with Crippen LogP contribution in [0, 0.1) is 0 Å². The molecule has 1 atom stereocenters. The fraction of sp³-hybridized carbons (Fsp3) is 0.500. The van der Waals surface area contributed by atoms with Gasteiger partial charge >= 0.3 is 5.69 Å². The molecule has 1 aromatic carbocycles. The van der Waals surface area contributed by atoms with Gasteiger partial charge in [-0.05, 0) is 74.3 Å². The Morgan fingerprint density at radius 3 is 2.62 bits per heavy atom. The lowest BCUT2D eigenvalue weighted by Gasteiger charge is -2.33. The molecule has 4 rings (SSSR count). The van der Waals surface area contributed by atoms with Crippen molar-refractivity contribution >= 4 is 5.82 Å². The van der Waals surface area contributed by atoms with Gasteiger partial charge in [-0.2, -0.15) is 4.98 Å². The van der Waals surface area contributed by atoms with Gasteiger partial charge in [-0.3, -0.25) is 4.57 Å². The predicted molar refractivity (Wildman–Crippen MR) is 103 cm³/mol. The summed E-state index contributed by atoms with van der Waals surface area (Å²) in [6.45, 7) is 0. The first kappa shape index (κ1) is 17.2. The summed E-state index contributed by atoms with van der Waals surface area (Å²) in [5, 5.41) is 3.85. The van der Waals surface area contributed by atoms with Crippen LogP contribution in [0.2, 0.25) is 0 Å². The molecule has 6 nitrogen and oxygen atoms in total. The fourth-order valence-corrected chi connectivity index (χ4v) is 4.27. The van der Waals surface area contributed by atoms with E-state index in [1.807, 2.05) is 6.07 Å². The average Bonchev–Trinajstić information content (AvgIpc) is 2.63. The third kappa shape index (κ3) is 3.66. The van der Waals surface area contributed by atoms with E-state index in [0.717, 1.165) is 37.8 Å². The Morgan fingerprint density at radius 2 is 1.85 bits per heavy atom. The number of nitrogens with one attached hydrogen (secondary N) is 1. The molecule has 0 saturated heterocycles. The van der Waals surface area contributed by atoms with Gasteiger partial charge in [0.25, 0.3) is 0 Å². The van der Waals surface area contributed by atoms with Gasteiger partial charge in [0.2, 0.25) is 0 Å². The Hall–Kier alpha value is -2.18. The number of hydrogen-bond donors (Lipinski definition) is 3. The van der Waals surface area contributed by atoms with Crippen molar-refractivity contribution < 1.29 is 0 Å². The van der Waals surface area contributed by atoms with Gasteiger partial charge in [0.05, 0.1) is 5.69 Å². The zero-order chi connectivity index (χ0) is 18.1. The maximum atomic E-state index is 12.1. The van der Waals surface area contributed by atoms with E-state index in [2.05, 4.69) is 22.4 Å². The van der Waals surface area contributed by atoms with Crippen LogP contribution in [0.5, 0.6) is 0 Å². The number of anilines is 1. The van der Waals surface area contributed by atoms with Crippen LogP contribution in [0.4, 0.5) is 5.82 Å². The summed E-state index contributed by atoms with van der Waals surface area (Å²) in [7, 11) is 0. The van der Waals surface area contributed by atoms with E-state index >= 15 is 0 Å². The van der Waals surface area contributed by atoms with Crippen molar-refractivity contribution in [2.45, 2.75) is 63.1 Å². The smallest absolute Gasteiger partial charge is 0.354 e. The monoisotopic (exact) mass is 353 g/mol. The summed E-state index contributed by atoms with van der Waals surface area (Å²) in [4.78, 5) is 15.9. The number of nitrogens with two attached hydrogens (primary N) is 2. The summed E-state index contributed by atoms with van der Waals surface area (Å²) in [5.74, 6) is 0.252. The number of aromatic nitrogens is 2. The number of fused-ring (bicyclic) bond motifs is 1.